The fourth-order valence-electron chi connectivity index (χ4n) is 2.62. The normalized spacial score (nSPS) is 12.0. The van der Waals surface area contributed by atoms with Gasteiger partial charge in [0, 0.05) is 19.6 Å². The van der Waals surface area contributed by atoms with Crippen LogP contribution in [0.3, 0.4) is 0 Å². The Morgan fingerprint density at radius 1 is 1.03 bits per heavy atom. The van der Waals surface area contributed by atoms with E-state index in [0.717, 1.165) is 31.5 Å². The summed E-state index contributed by atoms with van der Waals surface area (Å²) in [6.07, 6.45) is 2.14. The number of hydrogen-bond acceptors (Lipinski definition) is 3. The summed E-state index contributed by atoms with van der Waals surface area (Å²) in [7, 11) is -3.71. The summed E-state index contributed by atoms with van der Waals surface area (Å²) in [6.45, 7) is 6.08. The second-order valence-corrected chi connectivity index (χ2v) is 8.34. The highest BCUT2D eigenvalue weighted by Crippen LogP contribution is 2.13. The monoisotopic (exact) mass is 420 g/mol. The fraction of sp³-hybridized carbons (Fsp3) is 0.381. The van der Waals surface area contributed by atoms with Crippen molar-refractivity contribution in [3.8, 4) is 0 Å². The van der Waals surface area contributed by atoms with E-state index in [9.17, 15) is 12.8 Å². The highest BCUT2D eigenvalue weighted by molar-refractivity contribution is 7.89. The molecule has 6 nitrogen and oxygen atoms in total. The molecule has 0 heterocycles. The van der Waals surface area contributed by atoms with E-state index in [-0.39, 0.29) is 11.4 Å². The molecule has 2 aromatic rings. The van der Waals surface area contributed by atoms with E-state index in [1.165, 1.54) is 18.2 Å². The van der Waals surface area contributed by atoms with Gasteiger partial charge in [-0.15, -0.1) is 0 Å². The molecule has 0 atom stereocenters. The number of nitrogens with one attached hydrogen (secondary N) is 3. The molecule has 0 amide bonds. The number of guanidine groups is 1. The molecule has 0 spiro atoms. The molecule has 0 saturated heterocycles. The van der Waals surface area contributed by atoms with Gasteiger partial charge in [0.2, 0.25) is 10.0 Å². The smallest absolute Gasteiger partial charge is 0.240 e. The molecular weight excluding hydrogens is 391 g/mol. The van der Waals surface area contributed by atoms with Gasteiger partial charge in [-0.25, -0.2) is 22.5 Å². The molecule has 0 fully saturated rings. The van der Waals surface area contributed by atoms with Gasteiger partial charge in [-0.2, -0.15) is 0 Å². The van der Waals surface area contributed by atoms with Crippen LogP contribution in [0.25, 0.3) is 0 Å². The van der Waals surface area contributed by atoms with Crippen LogP contribution in [0.2, 0.25) is 0 Å². The van der Waals surface area contributed by atoms with E-state index in [4.69, 9.17) is 0 Å². The standard InChI is InChI=1S/C21H29FN4O2S/c1-3-5-12-24-21(23-4-2)25-15-18-9-7-11-20(14-18)29(27,28)26-16-17-8-6-10-19(22)13-17/h6-11,13-14,26H,3-5,12,15-16H2,1-2H3,(H2,23,24,25). The molecule has 0 aromatic heterocycles. The molecule has 0 aliphatic carbocycles. The average molecular weight is 421 g/mol. The fourth-order valence-corrected chi connectivity index (χ4v) is 3.70. The zero-order chi connectivity index (χ0) is 21.1. The molecular formula is C21H29FN4O2S. The van der Waals surface area contributed by atoms with Crippen LogP contribution in [0.15, 0.2) is 58.4 Å². The van der Waals surface area contributed by atoms with E-state index < -0.39 is 15.8 Å². The lowest BCUT2D eigenvalue weighted by molar-refractivity contribution is 0.580. The van der Waals surface area contributed by atoms with E-state index >= 15 is 0 Å². The first-order valence-electron chi connectivity index (χ1n) is 9.80. The van der Waals surface area contributed by atoms with Gasteiger partial charge in [0.05, 0.1) is 11.4 Å². The Morgan fingerprint density at radius 2 is 1.79 bits per heavy atom. The van der Waals surface area contributed by atoms with Gasteiger partial charge in [-0.3, -0.25) is 0 Å². The highest BCUT2D eigenvalue weighted by atomic mass is 32.2. The van der Waals surface area contributed by atoms with E-state index in [1.807, 2.05) is 13.0 Å². The largest absolute Gasteiger partial charge is 0.357 e. The molecule has 0 aliphatic rings. The molecule has 2 rings (SSSR count). The molecule has 3 N–H and O–H groups in total. The third-order valence-corrected chi connectivity index (χ3v) is 5.55. The van der Waals surface area contributed by atoms with Crippen molar-refractivity contribution in [2.75, 3.05) is 13.1 Å². The summed E-state index contributed by atoms with van der Waals surface area (Å²) in [5.41, 5.74) is 1.34. The number of benzene rings is 2. The minimum Gasteiger partial charge on any atom is -0.357 e. The van der Waals surface area contributed by atoms with Gasteiger partial charge in [0.1, 0.15) is 5.82 Å². The Labute approximate surface area is 172 Å². The van der Waals surface area contributed by atoms with Crippen LogP contribution in [0.1, 0.15) is 37.8 Å². The number of hydrogen-bond donors (Lipinski definition) is 3. The van der Waals surface area contributed by atoms with E-state index in [2.05, 4.69) is 27.3 Å². The van der Waals surface area contributed by atoms with Crippen LogP contribution < -0.4 is 15.4 Å². The third kappa shape index (κ3) is 7.83. The lowest BCUT2D eigenvalue weighted by Gasteiger charge is -2.11. The van der Waals surface area contributed by atoms with Crippen molar-refractivity contribution in [3.05, 3.63) is 65.5 Å². The van der Waals surface area contributed by atoms with Gasteiger partial charge >= 0.3 is 0 Å². The molecule has 0 aliphatic heterocycles. The van der Waals surface area contributed by atoms with Crippen LogP contribution in [0.4, 0.5) is 4.39 Å². The third-order valence-electron chi connectivity index (χ3n) is 4.15. The molecule has 0 unspecified atom stereocenters. The zero-order valence-electron chi connectivity index (χ0n) is 16.9. The lowest BCUT2D eigenvalue weighted by Crippen LogP contribution is -2.37. The molecule has 158 valence electrons. The maximum atomic E-state index is 13.3. The van der Waals surface area contributed by atoms with Crippen LogP contribution in [-0.2, 0) is 23.1 Å². The van der Waals surface area contributed by atoms with E-state index in [0.29, 0.717) is 18.1 Å². The van der Waals surface area contributed by atoms with Crippen LogP contribution in [0, 0.1) is 5.82 Å². The number of sulfonamides is 1. The van der Waals surface area contributed by atoms with E-state index in [1.54, 1.807) is 24.3 Å². The first-order chi connectivity index (χ1) is 13.9. The van der Waals surface area contributed by atoms with Crippen molar-refractivity contribution in [1.29, 1.82) is 0 Å². The lowest BCUT2D eigenvalue weighted by atomic mass is 10.2. The Morgan fingerprint density at radius 3 is 2.52 bits per heavy atom. The first kappa shape index (κ1) is 22.8. The van der Waals surface area contributed by atoms with Crippen LogP contribution in [-0.4, -0.2) is 27.5 Å². The summed E-state index contributed by atoms with van der Waals surface area (Å²) in [6, 6.07) is 12.5. The SMILES string of the molecule is CCCCNC(=NCc1cccc(S(=O)(=O)NCc2cccc(F)c2)c1)NCC. The first-order valence-corrected chi connectivity index (χ1v) is 11.3. The number of nitrogens with zero attached hydrogens (tertiary/aromatic N) is 1. The summed E-state index contributed by atoms with van der Waals surface area (Å²) < 4.78 is 41.0. The Balaban J connectivity index is 2.05. The predicted octanol–water partition coefficient (Wildman–Crippen LogP) is 3.16. The van der Waals surface area contributed by atoms with Crippen LogP contribution >= 0.6 is 0 Å². The quantitative estimate of drug-likeness (QED) is 0.313. The molecule has 0 saturated carbocycles. The Bertz CT molecular complexity index is 916. The summed E-state index contributed by atoms with van der Waals surface area (Å²) in [4.78, 5) is 4.68. The molecule has 0 bridgehead atoms. The molecule has 8 heteroatoms. The summed E-state index contributed by atoms with van der Waals surface area (Å²) >= 11 is 0. The van der Waals surface area contributed by atoms with Crippen molar-refractivity contribution in [1.82, 2.24) is 15.4 Å². The summed E-state index contributed by atoms with van der Waals surface area (Å²) in [5.74, 6) is 0.309. The Kier molecular flexibility index (Phi) is 9.08. The maximum Gasteiger partial charge on any atom is 0.240 e. The molecule has 29 heavy (non-hydrogen) atoms. The van der Waals surface area contributed by atoms with Crippen molar-refractivity contribution in [2.24, 2.45) is 4.99 Å². The number of halogens is 1. The van der Waals surface area contributed by atoms with Crippen molar-refractivity contribution >= 4 is 16.0 Å². The van der Waals surface area contributed by atoms with Gasteiger partial charge in [0.15, 0.2) is 5.96 Å². The van der Waals surface area contributed by atoms with Crippen LogP contribution in [0.5, 0.6) is 0 Å². The van der Waals surface area contributed by atoms with Gasteiger partial charge < -0.3 is 10.6 Å². The van der Waals surface area contributed by atoms with Crippen molar-refractivity contribution in [3.63, 3.8) is 0 Å². The Hall–Kier alpha value is -2.45. The average Bonchev–Trinajstić information content (AvgIpc) is 2.71. The predicted molar refractivity (Wildman–Crippen MR) is 115 cm³/mol. The zero-order valence-corrected chi connectivity index (χ0v) is 17.7. The van der Waals surface area contributed by atoms with Gasteiger partial charge in [0.25, 0.3) is 0 Å². The van der Waals surface area contributed by atoms with Crippen molar-refractivity contribution in [2.45, 2.75) is 44.7 Å². The molecule has 0 radical (unpaired) electrons. The topological polar surface area (TPSA) is 82.6 Å². The maximum absolute atomic E-state index is 13.3. The summed E-state index contributed by atoms with van der Waals surface area (Å²) in [5, 5.41) is 6.43. The van der Waals surface area contributed by atoms with Crippen molar-refractivity contribution < 1.29 is 12.8 Å². The highest BCUT2D eigenvalue weighted by Gasteiger charge is 2.14. The second kappa shape index (κ2) is 11.5. The number of rotatable bonds is 10. The minimum absolute atomic E-state index is 0.0222. The minimum atomic E-state index is -3.71. The number of unbranched alkanes of at least 4 members (excludes halogenated alkanes) is 1. The van der Waals surface area contributed by atoms with Gasteiger partial charge in [-0.05, 0) is 48.7 Å². The number of aliphatic imine (C=N–C) groups is 1. The molecule has 2 aromatic carbocycles. The van der Waals surface area contributed by atoms with Gasteiger partial charge in [-0.1, -0.05) is 37.6 Å². The second-order valence-electron chi connectivity index (χ2n) is 6.58.